The van der Waals surface area contributed by atoms with E-state index in [-0.39, 0.29) is 25.3 Å². The van der Waals surface area contributed by atoms with E-state index in [2.05, 4.69) is 36.7 Å². The lowest BCUT2D eigenvalue weighted by Gasteiger charge is -2.38. The van der Waals surface area contributed by atoms with Crippen LogP contribution in [0.3, 0.4) is 0 Å². The van der Waals surface area contributed by atoms with Gasteiger partial charge in [0.05, 0.1) is 6.54 Å². The van der Waals surface area contributed by atoms with Crippen molar-refractivity contribution in [3.05, 3.63) is 0 Å². The van der Waals surface area contributed by atoms with Crippen molar-refractivity contribution in [2.45, 2.75) is 63.4 Å². The SMILES string of the molecule is CC1CCCC(C)N1CC(=O)NC(S)C(=O)ON1C(=O)CCC1=O. The van der Waals surface area contributed by atoms with Gasteiger partial charge in [0.2, 0.25) is 5.91 Å². The molecule has 0 aromatic carbocycles. The summed E-state index contributed by atoms with van der Waals surface area (Å²) >= 11 is 3.98. The highest BCUT2D eigenvalue weighted by Crippen LogP contribution is 2.21. The normalized spacial score (nSPS) is 26.4. The van der Waals surface area contributed by atoms with Crippen molar-refractivity contribution in [1.82, 2.24) is 15.3 Å². The molecule has 2 fully saturated rings. The van der Waals surface area contributed by atoms with E-state index >= 15 is 0 Å². The lowest BCUT2D eigenvalue weighted by molar-refractivity contribution is -0.197. The topological polar surface area (TPSA) is 96.0 Å². The average Bonchev–Trinajstić information content (AvgIpc) is 2.83. The maximum absolute atomic E-state index is 12.1. The Kier molecular flexibility index (Phi) is 6.22. The van der Waals surface area contributed by atoms with Crippen LogP contribution in [0.2, 0.25) is 0 Å². The number of imide groups is 1. The number of rotatable bonds is 5. The molecule has 2 aliphatic heterocycles. The summed E-state index contributed by atoms with van der Waals surface area (Å²) in [5.74, 6) is -2.46. The minimum atomic E-state index is -1.24. The van der Waals surface area contributed by atoms with Gasteiger partial charge >= 0.3 is 5.97 Å². The van der Waals surface area contributed by atoms with Crippen LogP contribution in [0, 0.1) is 0 Å². The largest absolute Gasteiger partial charge is 0.365 e. The average molecular weight is 357 g/mol. The number of nitrogens with zero attached hydrogens (tertiary/aromatic N) is 2. The molecule has 0 aromatic heterocycles. The Bertz CT molecular complexity index is 515. The van der Waals surface area contributed by atoms with Crippen LogP contribution in [0.1, 0.15) is 46.0 Å². The Balaban J connectivity index is 1.83. The molecule has 0 aromatic rings. The second kappa shape index (κ2) is 7.98. The maximum Gasteiger partial charge on any atom is 0.365 e. The second-order valence-corrected chi connectivity index (χ2v) is 6.78. The third-order valence-corrected chi connectivity index (χ3v) is 4.75. The number of carbonyl (C=O) groups is 4. The predicted octanol–water partition coefficient (Wildman–Crippen LogP) is 0.229. The number of carbonyl (C=O) groups excluding carboxylic acids is 4. The molecule has 24 heavy (non-hydrogen) atoms. The zero-order valence-electron chi connectivity index (χ0n) is 13.9. The Hall–Kier alpha value is -1.61. The van der Waals surface area contributed by atoms with Crippen LogP contribution in [0.5, 0.6) is 0 Å². The van der Waals surface area contributed by atoms with E-state index in [0.717, 1.165) is 19.3 Å². The van der Waals surface area contributed by atoms with Gasteiger partial charge in [0, 0.05) is 24.9 Å². The van der Waals surface area contributed by atoms with Crippen LogP contribution in [0.4, 0.5) is 0 Å². The third kappa shape index (κ3) is 4.47. The van der Waals surface area contributed by atoms with Gasteiger partial charge in [-0.3, -0.25) is 19.3 Å². The number of hydroxylamine groups is 2. The van der Waals surface area contributed by atoms with Gasteiger partial charge in [-0.2, -0.15) is 0 Å². The van der Waals surface area contributed by atoms with Crippen molar-refractivity contribution < 1.29 is 24.0 Å². The molecule has 2 rings (SSSR count). The summed E-state index contributed by atoms with van der Waals surface area (Å²) in [5.41, 5.74) is 0. The highest BCUT2D eigenvalue weighted by atomic mass is 32.1. The van der Waals surface area contributed by atoms with E-state index in [0.29, 0.717) is 17.1 Å². The predicted molar refractivity (Wildman–Crippen MR) is 87.6 cm³/mol. The van der Waals surface area contributed by atoms with Crippen molar-refractivity contribution in [3.63, 3.8) is 0 Å². The van der Waals surface area contributed by atoms with Crippen LogP contribution in [-0.4, -0.2) is 57.7 Å². The summed E-state index contributed by atoms with van der Waals surface area (Å²) in [6, 6.07) is 0.592. The smallest absolute Gasteiger partial charge is 0.334 e. The Morgan fingerprint density at radius 2 is 1.75 bits per heavy atom. The minimum Gasteiger partial charge on any atom is -0.334 e. The number of amides is 3. The van der Waals surface area contributed by atoms with Gasteiger partial charge in [-0.1, -0.05) is 6.42 Å². The van der Waals surface area contributed by atoms with E-state index in [4.69, 9.17) is 4.84 Å². The van der Waals surface area contributed by atoms with E-state index < -0.39 is 23.2 Å². The van der Waals surface area contributed by atoms with E-state index in [1.807, 2.05) is 0 Å². The lowest BCUT2D eigenvalue weighted by atomic mass is 9.97. The number of piperidine rings is 1. The molecule has 0 spiro atoms. The summed E-state index contributed by atoms with van der Waals surface area (Å²) in [6.07, 6.45) is 3.23. The molecule has 0 aliphatic carbocycles. The Labute approximate surface area is 146 Å². The summed E-state index contributed by atoms with van der Waals surface area (Å²) in [5, 5.41) is 1.63. The summed E-state index contributed by atoms with van der Waals surface area (Å²) < 4.78 is 0. The van der Waals surface area contributed by atoms with Crippen molar-refractivity contribution in [2.24, 2.45) is 0 Å². The molecular weight excluding hydrogens is 334 g/mol. The van der Waals surface area contributed by atoms with Gasteiger partial charge in [0.15, 0.2) is 5.37 Å². The quantitative estimate of drug-likeness (QED) is 0.415. The van der Waals surface area contributed by atoms with Crippen LogP contribution in [0.25, 0.3) is 0 Å². The Morgan fingerprint density at radius 3 is 2.29 bits per heavy atom. The summed E-state index contributed by atoms with van der Waals surface area (Å²) in [4.78, 5) is 53.6. The monoisotopic (exact) mass is 357 g/mol. The van der Waals surface area contributed by atoms with Crippen molar-refractivity contribution in [2.75, 3.05) is 6.54 Å². The number of thiol groups is 1. The molecule has 134 valence electrons. The molecule has 2 saturated heterocycles. The maximum atomic E-state index is 12.1. The fourth-order valence-corrected chi connectivity index (χ4v) is 3.20. The minimum absolute atomic E-state index is 0.0143. The van der Waals surface area contributed by atoms with Gasteiger partial charge in [0.1, 0.15) is 0 Å². The molecule has 0 saturated carbocycles. The fourth-order valence-electron chi connectivity index (χ4n) is 3.01. The zero-order chi connectivity index (χ0) is 17.9. The first-order valence-electron chi connectivity index (χ1n) is 8.10. The van der Waals surface area contributed by atoms with Crippen LogP contribution in [0.15, 0.2) is 0 Å². The molecule has 2 heterocycles. The molecule has 2 aliphatic rings. The molecule has 3 atom stereocenters. The molecule has 0 bridgehead atoms. The van der Waals surface area contributed by atoms with Gasteiger partial charge in [-0.15, -0.1) is 17.7 Å². The fraction of sp³-hybridized carbons (Fsp3) is 0.733. The van der Waals surface area contributed by atoms with Crippen LogP contribution < -0.4 is 5.32 Å². The number of likely N-dealkylation sites (tertiary alicyclic amines) is 1. The van der Waals surface area contributed by atoms with Crippen molar-refractivity contribution >= 4 is 36.3 Å². The molecule has 1 N–H and O–H groups in total. The van der Waals surface area contributed by atoms with Crippen molar-refractivity contribution in [3.8, 4) is 0 Å². The Morgan fingerprint density at radius 1 is 1.21 bits per heavy atom. The van der Waals surface area contributed by atoms with E-state index in [1.54, 1.807) is 0 Å². The van der Waals surface area contributed by atoms with Gasteiger partial charge < -0.3 is 10.2 Å². The van der Waals surface area contributed by atoms with Gasteiger partial charge in [0.25, 0.3) is 11.8 Å². The first-order valence-corrected chi connectivity index (χ1v) is 8.62. The molecule has 0 radical (unpaired) electrons. The number of nitrogens with one attached hydrogen (secondary N) is 1. The lowest BCUT2D eigenvalue weighted by Crippen LogP contribution is -2.51. The third-order valence-electron chi connectivity index (χ3n) is 4.41. The van der Waals surface area contributed by atoms with Gasteiger partial charge in [-0.25, -0.2) is 4.79 Å². The summed E-state index contributed by atoms with van der Waals surface area (Å²) in [6.45, 7) is 4.30. The highest BCUT2D eigenvalue weighted by molar-refractivity contribution is 7.81. The first kappa shape index (κ1) is 18.7. The van der Waals surface area contributed by atoms with Crippen molar-refractivity contribution in [1.29, 1.82) is 0 Å². The van der Waals surface area contributed by atoms with E-state index in [1.165, 1.54) is 0 Å². The molecular formula is C15H23N3O5S. The van der Waals surface area contributed by atoms with Crippen LogP contribution in [-0.2, 0) is 24.0 Å². The molecule has 3 amide bonds. The second-order valence-electron chi connectivity index (χ2n) is 6.26. The van der Waals surface area contributed by atoms with Crippen LogP contribution >= 0.6 is 12.6 Å². The van der Waals surface area contributed by atoms with Gasteiger partial charge in [-0.05, 0) is 26.7 Å². The number of hydrogen-bond acceptors (Lipinski definition) is 7. The number of hydrogen-bond donors (Lipinski definition) is 2. The highest BCUT2D eigenvalue weighted by Gasteiger charge is 2.35. The first-order chi connectivity index (χ1) is 11.3. The molecule has 3 unspecified atom stereocenters. The molecule has 8 nitrogen and oxygen atoms in total. The standard InChI is InChI=1S/C15H23N3O5S/c1-9-4-3-5-10(2)17(9)8-11(19)16-14(24)15(22)23-18-12(20)6-7-13(18)21/h9-10,14,24H,3-8H2,1-2H3,(H,16,19). The summed E-state index contributed by atoms with van der Waals surface area (Å²) in [7, 11) is 0. The van der Waals surface area contributed by atoms with E-state index in [9.17, 15) is 19.2 Å². The molecule has 9 heteroatoms. The zero-order valence-corrected chi connectivity index (χ0v) is 14.8.